The summed E-state index contributed by atoms with van der Waals surface area (Å²) in [6.07, 6.45) is 4.39. The van der Waals surface area contributed by atoms with Gasteiger partial charge >= 0.3 is 0 Å². The summed E-state index contributed by atoms with van der Waals surface area (Å²) in [5.41, 5.74) is 0.792. The van der Waals surface area contributed by atoms with E-state index in [-0.39, 0.29) is 11.7 Å². The summed E-state index contributed by atoms with van der Waals surface area (Å²) in [7, 11) is 0. The van der Waals surface area contributed by atoms with Gasteiger partial charge in [-0.2, -0.15) is 0 Å². The maximum atomic E-state index is 12.2. The molecule has 0 N–H and O–H groups in total. The molecule has 0 saturated carbocycles. The molecular formula is C14H15NO. The molecule has 0 spiro atoms. The van der Waals surface area contributed by atoms with Crippen LogP contribution in [-0.2, 0) is 0 Å². The van der Waals surface area contributed by atoms with E-state index in [9.17, 15) is 4.79 Å². The van der Waals surface area contributed by atoms with Crippen molar-refractivity contribution < 1.29 is 4.79 Å². The standard InChI is InChI=1S/C14H15NO/c1-3-10(2)14(16)12-6-4-5-11-7-8-15-9-13(11)12/h4-10H,3H2,1-2H3. The number of nitrogens with zero attached hydrogens (tertiary/aromatic N) is 1. The van der Waals surface area contributed by atoms with Gasteiger partial charge < -0.3 is 0 Å². The fraction of sp³-hybridized carbons (Fsp3) is 0.286. The Morgan fingerprint density at radius 2 is 2.19 bits per heavy atom. The van der Waals surface area contributed by atoms with Crippen LogP contribution in [0.5, 0.6) is 0 Å². The van der Waals surface area contributed by atoms with Crippen LogP contribution in [0.2, 0.25) is 0 Å². The molecule has 0 radical (unpaired) electrons. The number of carbonyl (C=O) groups is 1. The van der Waals surface area contributed by atoms with Crippen LogP contribution in [0.1, 0.15) is 30.6 Å². The fourth-order valence-corrected chi connectivity index (χ4v) is 1.78. The van der Waals surface area contributed by atoms with Gasteiger partial charge in [0, 0.05) is 29.3 Å². The Balaban J connectivity index is 2.56. The zero-order chi connectivity index (χ0) is 11.5. The van der Waals surface area contributed by atoms with Crippen LogP contribution >= 0.6 is 0 Å². The average molecular weight is 213 g/mol. The number of hydrogen-bond acceptors (Lipinski definition) is 2. The molecular weight excluding hydrogens is 198 g/mol. The lowest BCUT2D eigenvalue weighted by molar-refractivity contribution is 0.0929. The molecule has 1 atom stereocenters. The number of pyridine rings is 1. The van der Waals surface area contributed by atoms with Gasteiger partial charge in [-0.15, -0.1) is 0 Å². The van der Waals surface area contributed by atoms with Crippen molar-refractivity contribution in [2.45, 2.75) is 20.3 Å². The zero-order valence-corrected chi connectivity index (χ0v) is 9.60. The number of rotatable bonds is 3. The minimum Gasteiger partial charge on any atom is -0.294 e. The molecule has 2 rings (SSSR count). The Morgan fingerprint density at radius 3 is 2.94 bits per heavy atom. The summed E-state index contributed by atoms with van der Waals surface area (Å²) in [6, 6.07) is 7.75. The summed E-state index contributed by atoms with van der Waals surface area (Å²) in [5, 5.41) is 2.03. The van der Waals surface area contributed by atoms with E-state index in [0.717, 1.165) is 22.8 Å². The molecule has 2 aromatic rings. The summed E-state index contributed by atoms with van der Waals surface area (Å²) in [6.45, 7) is 4.00. The second-order valence-corrected chi connectivity index (χ2v) is 4.08. The highest BCUT2D eigenvalue weighted by atomic mass is 16.1. The highest BCUT2D eigenvalue weighted by molar-refractivity contribution is 6.08. The molecule has 0 amide bonds. The lowest BCUT2D eigenvalue weighted by Crippen LogP contribution is -2.10. The molecule has 2 nitrogen and oxygen atoms in total. The van der Waals surface area contributed by atoms with Crippen molar-refractivity contribution in [1.29, 1.82) is 0 Å². The Bertz CT molecular complexity index is 514. The lowest BCUT2D eigenvalue weighted by Gasteiger charge is -2.09. The molecule has 16 heavy (non-hydrogen) atoms. The van der Waals surface area contributed by atoms with Gasteiger partial charge in [0.2, 0.25) is 0 Å². The topological polar surface area (TPSA) is 30.0 Å². The number of aromatic nitrogens is 1. The molecule has 0 bridgehead atoms. The van der Waals surface area contributed by atoms with Crippen molar-refractivity contribution in [3.05, 3.63) is 42.2 Å². The van der Waals surface area contributed by atoms with Gasteiger partial charge in [0.1, 0.15) is 0 Å². The third-order valence-corrected chi connectivity index (χ3v) is 3.01. The summed E-state index contributed by atoms with van der Waals surface area (Å²) in [4.78, 5) is 16.3. The minimum atomic E-state index is 0.0748. The van der Waals surface area contributed by atoms with Crippen LogP contribution in [-0.4, -0.2) is 10.8 Å². The van der Waals surface area contributed by atoms with Crippen LogP contribution in [0.25, 0.3) is 10.8 Å². The Kier molecular flexibility index (Phi) is 3.00. The first-order chi connectivity index (χ1) is 7.74. The molecule has 0 aliphatic rings. The van der Waals surface area contributed by atoms with Crippen molar-refractivity contribution in [1.82, 2.24) is 4.98 Å². The molecule has 1 unspecified atom stereocenters. The smallest absolute Gasteiger partial charge is 0.166 e. The van der Waals surface area contributed by atoms with Crippen molar-refractivity contribution in [2.24, 2.45) is 5.92 Å². The molecule has 0 fully saturated rings. The third kappa shape index (κ3) is 1.83. The zero-order valence-electron chi connectivity index (χ0n) is 9.60. The van der Waals surface area contributed by atoms with E-state index < -0.39 is 0 Å². The number of fused-ring (bicyclic) bond motifs is 1. The van der Waals surface area contributed by atoms with Crippen molar-refractivity contribution in [2.75, 3.05) is 0 Å². The van der Waals surface area contributed by atoms with Crippen LogP contribution in [0.3, 0.4) is 0 Å². The van der Waals surface area contributed by atoms with E-state index in [1.807, 2.05) is 38.1 Å². The Morgan fingerprint density at radius 1 is 1.38 bits per heavy atom. The largest absolute Gasteiger partial charge is 0.294 e. The highest BCUT2D eigenvalue weighted by Crippen LogP contribution is 2.21. The molecule has 0 aliphatic carbocycles. The van der Waals surface area contributed by atoms with Gasteiger partial charge in [-0.1, -0.05) is 32.0 Å². The monoisotopic (exact) mass is 213 g/mol. The van der Waals surface area contributed by atoms with Gasteiger partial charge in [0.15, 0.2) is 5.78 Å². The average Bonchev–Trinajstić information content (AvgIpc) is 2.36. The number of ketones is 1. The van der Waals surface area contributed by atoms with E-state index in [4.69, 9.17) is 0 Å². The third-order valence-electron chi connectivity index (χ3n) is 3.01. The van der Waals surface area contributed by atoms with E-state index in [2.05, 4.69) is 4.98 Å². The molecule has 2 heteroatoms. The fourth-order valence-electron chi connectivity index (χ4n) is 1.78. The second-order valence-electron chi connectivity index (χ2n) is 4.08. The van der Waals surface area contributed by atoms with Crippen LogP contribution in [0, 0.1) is 5.92 Å². The van der Waals surface area contributed by atoms with E-state index in [0.29, 0.717) is 0 Å². The predicted octanol–water partition coefficient (Wildman–Crippen LogP) is 3.46. The quantitative estimate of drug-likeness (QED) is 0.731. The van der Waals surface area contributed by atoms with Crippen molar-refractivity contribution in [3.63, 3.8) is 0 Å². The highest BCUT2D eigenvalue weighted by Gasteiger charge is 2.15. The van der Waals surface area contributed by atoms with Crippen LogP contribution in [0.15, 0.2) is 36.7 Å². The molecule has 0 aliphatic heterocycles. The maximum Gasteiger partial charge on any atom is 0.166 e. The van der Waals surface area contributed by atoms with Gasteiger partial charge in [-0.3, -0.25) is 9.78 Å². The Labute approximate surface area is 95.3 Å². The van der Waals surface area contributed by atoms with Crippen LogP contribution < -0.4 is 0 Å². The normalized spacial score (nSPS) is 12.6. The number of benzene rings is 1. The molecule has 1 aromatic carbocycles. The van der Waals surface area contributed by atoms with Gasteiger partial charge in [0.05, 0.1) is 0 Å². The molecule has 0 saturated heterocycles. The van der Waals surface area contributed by atoms with Crippen molar-refractivity contribution >= 4 is 16.6 Å². The summed E-state index contributed by atoms with van der Waals surface area (Å²) >= 11 is 0. The van der Waals surface area contributed by atoms with Gasteiger partial charge in [-0.25, -0.2) is 0 Å². The SMILES string of the molecule is CCC(C)C(=O)c1cccc2ccncc12. The maximum absolute atomic E-state index is 12.2. The number of hydrogen-bond donors (Lipinski definition) is 0. The van der Waals surface area contributed by atoms with Crippen molar-refractivity contribution in [3.8, 4) is 0 Å². The first-order valence-electron chi connectivity index (χ1n) is 5.61. The molecule has 1 heterocycles. The first kappa shape index (κ1) is 10.8. The van der Waals surface area contributed by atoms with E-state index in [1.54, 1.807) is 12.4 Å². The van der Waals surface area contributed by atoms with Gasteiger partial charge in [0.25, 0.3) is 0 Å². The first-order valence-corrected chi connectivity index (χ1v) is 5.61. The lowest BCUT2D eigenvalue weighted by atomic mass is 9.94. The molecule has 1 aromatic heterocycles. The Hall–Kier alpha value is -1.70. The predicted molar refractivity (Wildman–Crippen MR) is 65.5 cm³/mol. The number of carbonyl (C=O) groups excluding carboxylic acids is 1. The van der Waals surface area contributed by atoms with E-state index in [1.165, 1.54) is 0 Å². The van der Waals surface area contributed by atoms with Crippen LogP contribution in [0.4, 0.5) is 0 Å². The molecule has 82 valence electrons. The summed E-state index contributed by atoms with van der Waals surface area (Å²) < 4.78 is 0. The van der Waals surface area contributed by atoms with E-state index >= 15 is 0 Å². The second kappa shape index (κ2) is 4.44. The summed E-state index contributed by atoms with van der Waals surface area (Å²) in [5.74, 6) is 0.284. The minimum absolute atomic E-state index is 0.0748. The number of Topliss-reactive ketones (excluding diaryl/α,β-unsaturated/α-hetero) is 1. The van der Waals surface area contributed by atoms with Gasteiger partial charge in [-0.05, 0) is 17.9 Å².